The average molecular weight is 245 g/mol. The van der Waals surface area contributed by atoms with Crippen molar-refractivity contribution < 1.29 is 18.3 Å². The van der Waals surface area contributed by atoms with Gasteiger partial charge in [-0.1, -0.05) is 0 Å². The van der Waals surface area contributed by atoms with Crippen LogP contribution < -0.4 is 5.32 Å². The number of rotatable bonds is 2. The molecule has 2 N–H and O–H groups in total. The molecule has 1 aromatic rings. The van der Waals surface area contributed by atoms with Gasteiger partial charge in [-0.05, 0) is 19.4 Å². The Morgan fingerprint density at radius 3 is 2.41 bits per heavy atom. The van der Waals surface area contributed by atoms with Crippen LogP contribution >= 0.6 is 0 Å². The summed E-state index contributed by atoms with van der Waals surface area (Å²) < 4.78 is 39.7. The zero-order valence-corrected chi connectivity index (χ0v) is 9.22. The van der Waals surface area contributed by atoms with E-state index < -0.39 is 29.1 Å². The van der Waals surface area contributed by atoms with Gasteiger partial charge in [0.2, 0.25) is 0 Å². The Morgan fingerprint density at radius 2 is 1.88 bits per heavy atom. The lowest BCUT2D eigenvalue weighted by atomic mass is 9.89. The van der Waals surface area contributed by atoms with Crippen molar-refractivity contribution in [2.24, 2.45) is 5.92 Å². The van der Waals surface area contributed by atoms with Crippen LogP contribution in [-0.2, 0) is 0 Å². The highest BCUT2D eigenvalue weighted by atomic mass is 19.1. The molecule has 0 aliphatic carbocycles. The summed E-state index contributed by atoms with van der Waals surface area (Å²) in [5.41, 5.74) is -0.430. The van der Waals surface area contributed by atoms with Crippen molar-refractivity contribution in [1.29, 1.82) is 0 Å². The molecule has 0 saturated carbocycles. The largest absolute Gasteiger partial charge is 0.388 e. The molecule has 2 nitrogen and oxygen atoms in total. The Hall–Kier alpha value is -1.07. The van der Waals surface area contributed by atoms with Gasteiger partial charge >= 0.3 is 0 Å². The van der Waals surface area contributed by atoms with Crippen LogP contribution in [0, 0.1) is 23.4 Å². The van der Waals surface area contributed by atoms with Gasteiger partial charge in [0.1, 0.15) is 17.5 Å². The predicted molar refractivity (Wildman–Crippen MR) is 56.9 cm³/mol. The maximum atomic E-state index is 13.5. The summed E-state index contributed by atoms with van der Waals surface area (Å²) in [4.78, 5) is 0. The molecular formula is C12H14F3NO. The second-order valence-corrected chi connectivity index (χ2v) is 4.33. The molecule has 1 fully saturated rings. The molecular weight excluding hydrogens is 231 g/mol. The summed E-state index contributed by atoms with van der Waals surface area (Å²) in [5, 5.41) is 13.0. The number of piperidine rings is 1. The van der Waals surface area contributed by atoms with Crippen molar-refractivity contribution in [3.05, 3.63) is 35.1 Å². The molecule has 1 heterocycles. The third-order valence-electron chi connectivity index (χ3n) is 3.12. The number of halogens is 3. The van der Waals surface area contributed by atoms with E-state index >= 15 is 0 Å². The number of hydrogen-bond acceptors (Lipinski definition) is 2. The Bertz CT molecular complexity index is 382. The standard InChI is InChI=1S/C12H14F3NO/c13-8-4-9(14)11(10(15)5-8)12(17)7-2-1-3-16-6-7/h4-5,7,12,16-17H,1-3,6H2. The van der Waals surface area contributed by atoms with Crippen molar-refractivity contribution in [2.75, 3.05) is 13.1 Å². The maximum absolute atomic E-state index is 13.5. The third kappa shape index (κ3) is 2.61. The molecule has 0 bridgehead atoms. The number of nitrogens with one attached hydrogen (secondary N) is 1. The zero-order chi connectivity index (χ0) is 12.4. The minimum absolute atomic E-state index is 0.238. The summed E-state index contributed by atoms with van der Waals surface area (Å²) in [5.74, 6) is -3.27. The van der Waals surface area contributed by atoms with E-state index in [0.29, 0.717) is 25.1 Å². The molecule has 0 aromatic heterocycles. The quantitative estimate of drug-likeness (QED) is 0.836. The van der Waals surface area contributed by atoms with Gasteiger partial charge in [0.25, 0.3) is 0 Å². The highest BCUT2D eigenvalue weighted by molar-refractivity contribution is 5.23. The van der Waals surface area contributed by atoms with E-state index in [1.807, 2.05) is 0 Å². The van der Waals surface area contributed by atoms with Crippen LogP contribution in [0.3, 0.4) is 0 Å². The molecule has 17 heavy (non-hydrogen) atoms. The lowest BCUT2D eigenvalue weighted by Gasteiger charge is -2.27. The van der Waals surface area contributed by atoms with Gasteiger partial charge in [-0.2, -0.15) is 0 Å². The second-order valence-electron chi connectivity index (χ2n) is 4.33. The molecule has 1 aromatic carbocycles. The van der Waals surface area contributed by atoms with Gasteiger partial charge in [0.05, 0.1) is 11.7 Å². The lowest BCUT2D eigenvalue weighted by molar-refractivity contribution is 0.0851. The van der Waals surface area contributed by atoms with Crippen LogP contribution in [0.15, 0.2) is 12.1 Å². The molecule has 1 aliphatic rings. The Kier molecular flexibility index (Phi) is 3.69. The molecule has 2 unspecified atom stereocenters. The van der Waals surface area contributed by atoms with Crippen LogP contribution in [0.1, 0.15) is 24.5 Å². The van der Waals surface area contributed by atoms with Gasteiger partial charge in [-0.3, -0.25) is 0 Å². The molecule has 0 amide bonds. The zero-order valence-electron chi connectivity index (χ0n) is 9.22. The molecule has 94 valence electrons. The van der Waals surface area contributed by atoms with Gasteiger partial charge in [0, 0.05) is 24.6 Å². The number of aliphatic hydroxyl groups excluding tert-OH is 1. The number of benzene rings is 1. The summed E-state index contributed by atoms with van der Waals surface area (Å²) in [6, 6.07) is 1.19. The van der Waals surface area contributed by atoms with E-state index in [1.165, 1.54) is 0 Å². The van der Waals surface area contributed by atoms with Crippen molar-refractivity contribution in [3.8, 4) is 0 Å². The molecule has 0 radical (unpaired) electrons. The number of aliphatic hydroxyl groups is 1. The van der Waals surface area contributed by atoms with Crippen molar-refractivity contribution in [3.63, 3.8) is 0 Å². The van der Waals surface area contributed by atoms with Crippen molar-refractivity contribution in [1.82, 2.24) is 5.32 Å². The SMILES string of the molecule is OC(c1c(F)cc(F)cc1F)C1CCCNC1. The lowest BCUT2D eigenvalue weighted by Crippen LogP contribution is -2.33. The second kappa shape index (κ2) is 5.06. The first kappa shape index (κ1) is 12.4. The molecule has 5 heteroatoms. The fraction of sp³-hybridized carbons (Fsp3) is 0.500. The van der Waals surface area contributed by atoms with Gasteiger partial charge in [0.15, 0.2) is 0 Å². The molecule has 1 aliphatic heterocycles. The fourth-order valence-electron chi connectivity index (χ4n) is 2.22. The van der Waals surface area contributed by atoms with E-state index in [2.05, 4.69) is 5.32 Å². The van der Waals surface area contributed by atoms with Crippen molar-refractivity contribution in [2.45, 2.75) is 18.9 Å². The van der Waals surface area contributed by atoms with E-state index in [1.54, 1.807) is 0 Å². The first-order valence-electron chi connectivity index (χ1n) is 5.63. The highest BCUT2D eigenvalue weighted by Crippen LogP contribution is 2.31. The smallest absolute Gasteiger partial charge is 0.134 e. The topological polar surface area (TPSA) is 32.3 Å². The van der Waals surface area contributed by atoms with Gasteiger partial charge in [-0.15, -0.1) is 0 Å². The summed E-state index contributed by atoms with van der Waals surface area (Å²) in [7, 11) is 0. The minimum Gasteiger partial charge on any atom is -0.388 e. The van der Waals surface area contributed by atoms with Crippen LogP contribution in [0.5, 0.6) is 0 Å². The van der Waals surface area contributed by atoms with Crippen LogP contribution in [0.25, 0.3) is 0 Å². The predicted octanol–water partition coefficient (Wildman–Crippen LogP) is 2.14. The Labute approximate surface area is 97.5 Å². The van der Waals surface area contributed by atoms with E-state index in [-0.39, 0.29) is 5.92 Å². The van der Waals surface area contributed by atoms with Crippen LogP contribution in [-0.4, -0.2) is 18.2 Å². The Morgan fingerprint density at radius 1 is 1.24 bits per heavy atom. The van der Waals surface area contributed by atoms with Gasteiger partial charge in [-0.25, -0.2) is 13.2 Å². The Balaban J connectivity index is 2.26. The first-order valence-corrected chi connectivity index (χ1v) is 5.63. The highest BCUT2D eigenvalue weighted by Gasteiger charge is 2.28. The van der Waals surface area contributed by atoms with Crippen LogP contribution in [0.4, 0.5) is 13.2 Å². The fourth-order valence-corrected chi connectivity index (χ4v) is 2.22. The summed E-state index contributed by atoms with van der Waals surface area (Å²) >= 11 is 0. The van der Waals surface area contributed by atoms with E-state index in [4.69, 9.17) is 0 Å². The molecule has 1 saturated heterocycles. The first-order chi connectivity index (χ1) is 8.09. The molecule has 0 spiro atoms. The average Bonchev–Trinajstić information content (AvgIpc) is 2.28. The third-order valence-corrected chi connectivity index (χ3v) is 3.12. The summed E-state index contributed by atoms with van der Waals surface area (Å²) in [6.07, 6.45) is 0.319. The van der Waals surface area contributed by atoms with Crippen LogP contribution in [0.2, 0.25) is 0 Å². The summed E-state index contributed by atoms with van der Waals surface area (Å²) in [6.45, 7) is 1.36. The van der Waals surface area contributed by atoms with Crippen molar-refractivity contribution >= 4 is 0 Å². The minimum atomic E-state index is -1.23. The monoisotopic (exact) mass is 245 g/mol. The number of hydrogen-bond donors (Lipinski definition) is 2. The normalized spacial score (nSPS) is 22.5. The van der Waals surface area contributed by atoms with E-state index in [9.17, 15) is 18.3 Å². The molecule has 2 atom stereocenters. The van der Waals surface area contributed by atoms with E-state index in [0.717, 1.165) is 13.0 Å². The van der Waals surface area contributed by atoms with Gasteiger partial charge < -0.3 is 10.4 Å². The molecule has 2 rings (SSSR count). The maximum Gasteiger partial charge on any atom is 0.134 e.